The van der Waals surface area contributed by atoms with Crippen LogP contribution in [0.4, 0.5) is 0 Å². The first-order chi connectivity index (χ1) is 15.6. The molecule has 0 saturated carbocycles. The highest BCUT2D eigenvalue weighted by Crippen LogP contribution is 2.31. The van der Waals surface area contributed by atoms with Crippen LogP contribution in [0, 0.1) is 4.77 Å². The molecule has 0 spiro atoms. The van der Waals surface area contributed by atoms with E-state index < -0.39 is 0 Å². The maximum atomic E-state index is 6.32. The van der Waals surface area contributed by atoms with Gasteiger partial charge in [0.25, 0.3) is 0 Å². The fourth-order valence-electron chi connectivity index (χ4n) is 4.00. The molecule has 0 unspecified atom stereocenters. The van der Waals surface area contributed by atoms with E-state index in [0.717, 1.165) is 44.6 Å². The first kappa shape index (κ1) is 19.4. The highest BCUT2D eigenvalue weighted by molar-refractivity contribution is 7.71. The summed E-state index contributed by atoms with van der Waals surface area (Å²) in [6.45, 7) is 0.435. The van der Waals surface area contributed by atoms with Crippen LogP contribution in [0.25, 0.3) is 38.8 Å². The predicted molar refractivity (Wildman–Crippen MR) is 130 cm³/mol. The van der Waals surface area contributed by atoms with Crippen LogP contribution < -0.4 is 0 Å². The van der Waals surface area contributed by atoms with E-state index in [1.165, 1.54) is 0 Å². The van der Waals surface area contributed by atoms with Crippen molar-refractivity contribution in [2.75, 3.05) is 0 Å². The minimum Gasteiger partial charge on any atom is -0.316 e. The third kappa shape index (κ3) is 3.09. The number of aromatic nitrogens is 6. The molecule has 3 heterocycles. The van der Waals surface area contributed by atoms with Gasteiger partial charge in [-0.3, -0.25) is 9.67 Å². The Morgan fingerprint density at radius 1 is 0.875 bits per heavy atom. The summed E-state index contributed by atoms with van der Waals surface area (Å²) in [5.41, 5.74) is 5.07. The van der Waals surface area contributed by atoms with E-state index in [-0.39, 0.29) is 0 Å². The first-order valence-corrected chi connectivity index (χ1v) is 11.0. The number of nitrogens with one attached hydrogen (secondary N) is 1. The van der Waals surface area contributed by atoms with Crippen molar-refractivity contribution >= 4 is 68.5 Å². The highest BCUT2D eigenvalue weighted by atomic mass is 35.5. The van der Waals surface area contributed by atoms with Gasteiger partial charge in [-0.05, 0) is 66.8 Å². The van der Waals surface area contributed by atoms with Gasteiger partial charge in [0, 0.05) is 21.1 Å². The number of hydrogen-bond acceptors (Lipinski definition) is 4. The molecule has 0 radical (unpaired) electrons. The minimum atomic E-state index is 0.435. The Bertz CT molecular complexity index is 1700. The van der Waals surface area contributed by atoms with Gasteiger partial charge >= 0.3 is 0 Å². The molecule has 0 aliphatic carbocycles. The van der Waals surface area contributed by atoms with Gasteiger partial charge in [-0.1, -0.05) is 35.3 Å². The molecular weight excluding hydrogens is 463 g/mol. The van der Waals surface area contributed by atoms with Crippen molar-refractivity contribution in [3.8, 4) is 5.69 Å². The number of benzene rings is 3. The number of rotatable bonds is 3. The number of aromatic amines is 1. The second-order valence-corrected chi connectivity index (χ2v) is 8.65. The molecule has 6 nitrogen and oxygen atoms in total. The van der Waals surface area contributed by atoms with Crippen molar-refractivity contribution in [2.45, 2.75) is 6.54 Å². The number of nitrogens with zero attached hydrogens (tertiary/aromatic N) is 5. The molecule has 0 bridgehead atoms. The summed E-state index contributed by atoms with van der Waals surface area (Å²) < 4.78 is 4.49. The zero-order chi connectivity index (χ0) is 21.8. The van der Waals surface area contributed by atoms with Crippen molar-refractivity contribution in [1.82, 2.24) is 29.3 Å². The monoisotopic (exact) mass is 476 g/mol. The quantitative estimate of drug-likeness (QED) is 0.302. The third-order valence-electron chi connectivity index (χ3n) is 5.44. The average Bonchev–Trinajstić information content (AvgIpc) is 3.30. The summed E-state index contributed by atoms with van der Waals surface area (Å²) in [6, 6.07) is 21.1. The van der Waals surface area contributed by atoms with Crippen LogP contribution in [0.3, 0.4) is 0 Å². The van der Waals surface area contributed by atoms with Gasteiger partial charge in [0.05, 0.1) is 23.1 Å². The summed E-state index contributed by atoms with van der Waals surface area (Å²) in [4.78, 5) is 9.82. The lowest BCUT2D eigenvalue weighted by Gasteiger charge is -2.10. The largest absolute Gasteiger partial charge is 0.316 e. The minimum absolute atomic E-state index is 0.435. The number of halogens is 2. The predicted octanol–water partition coefficient (Wildman–Crippen LogP) is 6.34. The zero-order valence-corrected chi connectivity index (χ0v) is 18.8. The molecule has 1 N–H and O–H groups in total. The molecule has 6 rings (SSSR count). The van der Waals surface area contributed by atoms with Gasteiger partial charge in [0.1, 0.15) is 5.52 Å². The summed E-state index contributed by atoms with van der Waals surface area (Å²) in [7, 11) is 0. The Kier molecular flexibility index (Phi) is 4.50. The molecule has 0 fully saturated rings. The molecule has 3 aromatic heterocycles. The topological polar surface area (TPSA) is 64.3 Å². The Labute approximate surface area is 197 Å². The number of fused-ring (bicyclic) bond motifs is 4. The van der Waals surface area contributed by atoms with Crippen molar-refractivity contribution in [2.24, 2.45) is 0 Å². The van der Waals surface area contributed by atoms with Crippen LogP contribution in [0.1, 0.15) is 5.82 Å². The summed E-state index contributed by atoms with van der Waals surface area (Å²) in [5.74, 6) is 0.737. The zero-order valence-electron chi connectivity index (χ0n) is 16.5. The van der Waals surface area contributed by atoms with Crippen molar-refractivity contribution < 1.29 is 0 Å². The summed E-state index contributed by atoms with van der Waals surface area (Å²) in [5, 5.41) is 9.66. The second kappa shape index (κ2) is 7.41. The lowest BCUT2D eigenvalue weighted by molar-refractivity contribution is 0.760. The molecule has 0 aliphatic rings. The highest BCUT2D eigenvalue weighted by Gasteiger charge is 2.18. The lowest BCUT2D eigenvalue weighted by Crippen LogP contribution is -2.08. The van der Waals surface area contributed by atoms with E-state index in [0.29, 0.717) is 21.4 Å². The van der Waals surface area contributed by atoms with Crippen molar-refractivity contribution in [1.29, 1.82) is 0 Å². The van der Waals surface area contributed by atoms with Crippen molar-refractivity contribution in [3.05, 3.63) is 87.4 Å². The average molecular weight is 477 g/mol. The number of hydrogen-bond donors (Lipinski definition) is 1. The molecule has 156 valence electrons. The lowest BCUT2D eigenvalue weighted by atomic mass is 10.2. The number of para-hydroxylation sites is 2. The fourth-order valence-corrected chi connectivity index (χ4v) is 4.56. The molecule has 0 atom stereocenters. The van der Waals surface area contributed by atoms with E-state index in [2.05, 4.69) is 14.8 Å². The molecular formula is C23H14Cl2N6S. The van der Waals surface area contributed by atoms with Crippen LogP contribution in [0.15, 0.2) is 66.7 Å². The molecule has 0 amide bonds. The molecule has 0 saturated heterocycles. The SMILES string of the molecule is S=c1[nH]nc(Cn2c3ccc(Cl)cc3c3nc4ccccc4nc32)n1-c1ccc(Cl)cc1. The van der Waals surface area contributed by atoms with E-state index in [1.54, 1.807) is 0 Å². The maximum absolute atomic E-state index is 6.32. The van der Waals surface area contributed by atoms with Gasteiger partial charge in [0.15, 0.2) is 16.2 Å². The fraction of sp³-hybridized carbons (Fsp3) is 0.0435. The van der Waals surface area contributed by atoms with E-state index in [9.17, 15) is 0 Å². The molecule has 6 aromatic rings. The van der Waals surface area contributed by atoms with Gasteiger partial charge in [0.2, 0.25) is 0 Å². The van der Waals surface area contributed by atoms with Gasteiger partial charge in [-0.25, -0.2) is 9.97 Å². The molecule has 32 heavy (non-hydrogen) atoms. The molecule has 3 aromatic carbocycles. The Morgan fingerprint density at radius 3 is 2.38 bits per heavy atom. The summed E-state index contributed by atoms with van der Waals surface area (Å²) in [6.07, 6.45) is 0. The Balaban J connectivity index is 1.61. The van der Waals surface area contributed by atoms with Gasteiger partial charge < -0.3 is 4.57 Å². The molecule has 0 aliphatic heterocycles. The van der Waals surface area contributed by atoms with E-state index in [1.807, 2.05) is 71.3 Å². The van der Waals surface area contributed by atoms with Crippen LogP contribution in [-0.2, 0) is 6.54 Å². The van der Waals surface area contributed by atoms with E-state index >= 15 is 0 Å². The summed E-state index contributed by atoms with van der Waals surface area (Å²) >= 11 is 17.9. The normalized spacial score (nSPS) is 11.7. The van der Waals surface area contributed by atoms with Crippen LogP contribution in [-0.4, -0.2) is 29.3 Å². The van der Waals surface area contributed by atoms with Crippen LogP contribution >= 0.6 is 35.4 Å². The Hall–Kier alpha value is -3.26. The van der Waals surface area contributed by atoms with Gasteiger partial charge in [-0.15, -0.1) is 0 Å². The van der Waals surface area contributed by atoms with Crippen molar-refractivity contribution in [3.63, 3.8) is 0 Å². The van der Waals surface area contributed by atoms with E-state index in [4.69, 9.17) is 45.4 Å². The first-order valence-electron chi connectivity index (χ1n) is 9.85. The maximum Gasteiger partial charge on any atom is 0.199 e. The number of H-pyrrole nitrogens is 1. The van der Waals surface area contributed by atoms with Crippen LogP contribution in [0.5, 0.6) is 0 Å². The third-order valence-corrected chi connectivity index (χ3v) is 6.20. The standard InChI is InChI=1S/C23H14Cl2N6S/c24-13-5-8-15(9-6-13)31-20(28-29-23(31)32)12-30-19-10-7-14(25)11-16(19)21-22(30)27-18-4-2-1-3-17(18)26-21/h1-11H,12H2,(H,29,32). The smallest absolute Gasteiger partial charge is 0.199 e. The Morgan fingerprint density at radius 2 is 1.59 bits per heavy atom. The second-order valence-electron chi connectivity index (χ2n) is 7.39. The van der Waals surface area contributed by atoms with Gasteiger partial charge in [-0.2, -0.15) is 5.10 Å². The van der Waals surface area contributed by atoms with Crippen LogP contribution in [0.2, 0.25) is 10.0 Å². The molecule has 9 heteroatoms.